The van der Waals surface area contributed by atoms with Gasteiger partial charge in [0.1, 0.15) is 5.78 Å². The molecule has 0 spiro atoms. The SMILES string of the molecule is O=C1[C@@H]2CC[C@H]1[C@@]1(O)CCCC[C@@H]1C2. The lowest BCUT2D eigenvalue weighted by atomic mass is 9.62. The van der Waals surface area contributed by atoms with Gasteiger partial charge in [-0.15, -0.1) is 0 Å². The van der Waals surface area contributed by atoms with E-state index in [4.69, 9.17) is 0 Å². The topological polar surface area (TPSA) is 37.3 Å². The highest BCUT2D eigenvalue weighted by Crippen LogP contribution is 2.53. The normalized spacial score (nSPS) is 51.8. The zero-order valence-corrected chi connectivity index (χ0v) is 8.54. The molecule has 2 bridgehead atoms. The van der Waals surface area contributed by atoms with Gasteiger partial charge in [0.05, 0.1) is 5.60 Å². The third-order valence-corrected chi connectivity index (χ3v) is 4.81. The maximum Gasteiger partial charge on any atom is 0.141 e. The van der Waals surface area contributed by atoms with Crippen LogP contribution in [0.15, 0.2) is 0 Å². The van der Waals surface area contributed by atoms with Crippen LogP contribution in [0.3, 0.4) is 0 Å². The Hall–Kier alpha value is -0.370. The predicted octanol–water partition coefficient (Wildman–Crippen LogP) is 1.91. The second-order valence-electron chi connectivity index (χ2n) is 5.40. The Bertz CT molecular complexity index is 273. The minimum Gasteiger partial charge on any atom is -0.389 e. The Morgan fingerprint density at radius 2 is 2.07 bits per heavy atom. The number of hydrogen-bond donors (Lipinski definition) is 1. The average Bonchev–Trinajstić information content (AvgIpc) is 2.46. The van der Waals surface area contributed by atoms with Crippen LogP contribution in [0.2, 0.25) is 0 Å². The Balaban J connectivity index is 1.96. The van der Waals surface area contributed by atoms with Crippen LogP contribution in [0.25, 0.3) is 0 Å². The van der Waals surface area contributed by atoms with Crippen molar-refractivity contribution < 1.29 is 9.90 Å². The van der Waals surface area contributed by atoms with Crippen molar-refractivity contribution in [1.82, 2.24) is 0 Å². The van der Waals surface area contributed by atoms with Gasteiger partial charge in [-0.05, 0) is 38.0 Å². The van der Waals surface area contributed by atoms with Crippen LogP contribution in [0.1, 0.15) is 44.9 Å². The molecule has 2 heteroatoms. The van der Waals surface area contributed by atoms with Crippen molar-refractivity contribution in [2.45, 2.75) is 50.5 Å². The van der Waals surface area contributed by atoms with Gasteiger partial charge < -0.3 is 5.11 Å². The van der Waals surface area contributed by atoms with Crippen LogP contribution in [0.5, 0.6) is 0 Å². The van der Waals surface area contributed by atoms with Crippen molar-refractivity contribution in [2.75, 3.05) is 0 Å². The Morgan fingerprint density at radius 3 is 2.93 bits per heavy atom. The van der Waals surface area contributed by atoms with Gasteiger partial charge in [0.2, 0.25) is 0 Å². The minimum absolute atomic E-state index is 0.00606. The van der Waals surface area contributed by atoms with Crippen LogP contribution in [-0.4, -0.2) is 16.5 Å². The van der Waals surface area contributed by atoms with Crippen molar-refractivity contribution in [2.24, 2.45) is 17.8 Å². The lowest BCUT2D eigenvalue weighted by Gasteiger charge is -2.46. The molecular formula is C12H18O2. The summed E-state index contributed by atoms with van der Waals surface area (Å²) < 4.78 is 0. The van der Waals surface area contributed by atoms with Gasteiger partial charge in [-0.1, -0.05) is 12.8 Å². The molecule has 14 heavy (non-hydrogen) atoms. The molecule has 3 fully saturated rings. The van der Waals surface area contributed by atoms with Crippen molar-refractivity contribution in [3.05, 3.63) is 0 Å². The summed E-state index contributed by atoms with van der Waals surface area (Å²) >= 11 is 0. The fraction of sp³-hybridized carbons (Fsp3) is 0.917. The molecule has 78 valence electrons. The summed E-state index contributed by atoms with van der Waals surface area (Å²) in [5.41, 5.74) is -0.595. The first-order chi connectivity index (χ1) is 6.72. The van der Waals surface area contributed by atoms with Crippen molar-refractivity contribution >= 4 is 5.78 Å². The standard InChI is InChI=1S/C12H18O2/c13-11-8-4-5-10(11)12(14)6-2-1-3-9(12)7-8/h8-10,14H,1-7H2/t8-,9-,10-,12-/m1/s1. The first-order valence-corrected chi connectivity index (χ1v) is 5.98. The number of fused-ring (bicyclic) bond motifs is 4. The van der Waals surface area contributed by atoms with Gasteiger partial charge in [-0.2, -0.15) is 0 Å². The Kier molecular flexibility index (Phi) is 1.79. The maximum absolute atomic E-state index is 11.9. The highest BCUT2D eigenvalue weighted by Gasteiger charge is 2.56. The molecule has 2 nitrogen and oxygen atoms in total. The van der Waals surface area contributed by atoms with E-state index in [0.717, 1.165) is 38.5 Å². The van der Waals surface area contributed by atoms with Crippen LogP contribution in [0.4, 0.5) is 0 Å². The predicted molar refractivity (Wildman–Crippen MR) is 52.7 cm³/mol. The van der Waals surface area contributed by atoms with E-state index < -0.39 is 5.60 Å². The fourth-order valence-corrected chi connectivity index (χ4v) is 4.04. The second-order valence-corrected chi connectivity index (χ2v) is 5.40. The van der Waals surface area contributed by atoms with Gasteiger partial charge in [0.25, 0.3) is 0 Å². The summed E-state index contributed by atoms with van der Waals surface area (Å²) in [7, 11) is 0. The third-order valence-electron chi connectivity index (χ3n) is 4.81. The van der Waals surface area contributed by atoms with E-state index >= 15 is 0 Å². The number of rotatable bonds is 0. The largest absolute Gasteiger partial charge is 0.389 e. The molecule has 3 aliphatic rings. The van der Waals surface area contributed by atoms with Crippen molar-refractivity contribution in [1.29, 1.82) is 0 Å². The van der Waals surface area contributed by atoms with E-state index in [1.54, 1.807) is 0 Å². The summed E-state index contributed by atoms with van der Waals surface area (Å²) in [6.07, 6.45) is 7.37. The number of ketones is 1. The van der Waals surface area contributed by atoms with Crippen LogP contribution >= 0.6 is 0 Å². The summed E-state index contributed by atoms with van der Waals surface area (Å²) in [4.78, 5) is 11.9. The Labute approximate surface area is 84.7 Å². The molecule has 3 saturated carbocycles. The molecule has 0 aromatic heterocycles. The van der Waals surface area contributed by atoms with E-state index in [1.165, 1.54) is 6.42 Å². The summed E-state index contributed by atoms with van der Waals surface area (Å²) in [5.74, 6) is 1.13. The molecule has 0 aliphatic heterocycles. The van der Waals surface area contributed by atoms with Crippen molar-refractivity contribution in [3.8, 4) is 0 Å². The molecule has 4 atom stereocenters. The van der Waals surface area contributed by atoms with Gasteiger partial charge >= 0.3 is 0 Å². The zero-order chi connectivity index (χ0) is 9.76. The van der Waals surface area contributed by atoms with Gasteiger partial charge in [-0.25, -0.2) is 0 Å². The molecule has 0 heterocycles. The molecular weight excluding hydrogens is 176 g/mol. The molecule has 0 radical (unpaired) electrons. The molecule has 0 aromatic carbocycles. The van der Waals surface area contributed by atoms with E-state index in [9.17, 15) is 9.90 Å². The summed E-state index contributed by atoms with van der Waals surface area (Å²) in [6, 6.07) is 0. The number of carbonyl (C=O) groups excluding carboxylic acids is 1. The molecule has 0 unspecified atom stereocenters. The quantitative estimate of drug-likeness (QED) is 0.639. The van der Waals surface area contributed by atoms with Crippen LogP contribution in [-0.2, 0) is 4.79 Å². The maximum atomic E-state index is 11.9. The van der Waals surface area contributed by atoms with E-state index in [1.807, 2.05) is 0 Å². The zero-order valence-electron chi connectivity index (χ0n) is 8.54. The third kappa shape index (κ3) is 0.979. The number of carbonyl (C=O) groups is 1. The minimum atomic E-state index is -0.595. The van der Waals surface area contributed by atoms with Gasteiger partial charge in [0.15, 0.2) is 0 Å². The molecule has 3 rings (SSSR count). The number of hydrogen-bond acceptors (Lipinski definition) is 2. The lowest BCUT2D eigenvalue weighted by Crippen LogP contribution is -2.53. The highest BCUT2D eigenvalue weighted by atomic mass is 16.3. The van der Waals surface area contributed by atoms with E-state index in [-0.39, 0.29) is 5.92 Å². The van der Waals surface area contributed by atoms with Gasteiger partial charge in [-0.3, -0.25) is 4.79 Å². The first-order valence-electron chi connectivity index (χ1n) is 5.98. The van der Waals surface area contributed by atoms with Crippen LogP contribution < -0.4 is 0 Å². The van der Waals surface area contributed by atoms with E-state index in [0.29, 0.717) is 17.6 Å². The van der Waals surface area contributed by atoms with Gasteiger partial charge in [0, 0.05) is 11.8 Å². The summed E-state index contributed by atoms with van der Waals surface area (Å²) in [6.45, 7) is 0. The Morgan fingerprint density at radius 1 is 1.21 bits per heavy atom. The molecule has 1 N–H and O–H groups in total. The monoisotopic (exact) mass is 194 g/mol. The van der Waals surface area contributed by atoms with Crippen LogP contribution in [0, 0.1) is 17.8 Å². The molecule has 0 amide bonds. The smallest absolute Gasteiger partial charge is 0.141 e. The second kappa shape index (κ2) is 2.82. The lowest BCUT2D eigenvalue weighted by molar-refractivity contribution is -0.152. The molecule has 0 saturated heterocycles. The summed E-state index contributed by atoms with van der Waals surface area (Å²) in [5, 5.41) is 10.6. The fourth-order valence-electron chi connectivity index (χ4n) is 4.04. The first kappa shape index (κ1) is 8.90. The number of Topliss-reactive ketones (excluding diaryl/α,β-unsaturated/α-hetero) is 1. The number of aliphatic hydroxyl groups is 1. The average molecular weight is 194 g/mol. The van der Waals surface area contributed by atoms with Crippen molar-refractivity contribution in [3.63, 3.8) is 0 Å². The molecule has 3 aliphatic carbocycles. The molecule has 0 aromatic rings. The highest BCUT2D eigenvalue weighted by molar-refractivity contribution is 5.87. The van der Waals surface area contributed by atoms with E-state index in [2.05, 4.69) is 0 Å².